The number of fused-ring (bicyclic) bond motifs is 1. The van der Waals surface area contributed by atoms with E-state index in [0.29, 0.717) is 34.5 Å². The van der Waals surface area contributed by atoms with E-state index in [4.69, 9.17) is 43.5 Å². The van der Waals surface area contributed by atoms with E-state index in [1.165, 1.54) is 12.8 Å². The van der Waals surface area contributed by atoms with E-state index in [0.717, 1.165) is 60.7 Å². The highest BCUT2D eigenvalue weighted by Crippen LogP contribution is 2.34. The molecule has 0 amide bonds. The number of benzene rings is 1. The van der Waals surface area contributed by atoms with E-state index in [1.807, 2.05) is 29.9 Å². The van der Waals surface area contributed by atoms with Crippen molar-refractivity contribution in [2.24, 2.45) is 5.92 Å². The van der Waals surface area contributed by atoms with Crippen molar-refractivity contribution in [1.82, 2.24) is 24.6 Å². The van der Waals surface area contributed by atoms with E-state index in [-0.39, 0.29) is 6.04 Å². The fourth-order valence-corrected chi connectivity index (χ4v) is 6.67. The second kappa shape index (κ2) is 10.5. The van der Waals surface area contributed by atoms with Gasteiger partial charge in [-0.25, -0.2) is 14.6 Å². The first-order valence-corrected chi connectivity index (χ1v) is 13.7. The molecule has 0 radical (unpaired) electrons. The van der Waals surface area contributed by atoms with Crippen molar-refractivity contribution in [3.8, 4) is 6.07 Å². The highest BCUT2D eigenvalue weighted by Gasteiger charge is 2.36. The predicted molar refractivity (Wildman–Crippen MR) is 145 cm³/mol. The fraction of sp³-hybridized carbons (Fsp3) is 0.556. The minimum atomic E-state index is -0.110. The normalized spacial score (nSPS) is 23.8. The number of likely N-dealkylation sites (tertiary alicyclic amines) is 1. The Labute approximate surface area is 223 Å². The third kappa shape index (κ3) is 4.79. The van der Waals surface area contributed by atoms with Crippen molar-refractivity contribution < 1.29 is 0 Å². The average molecular weight is 527 g/mol. The Morgan fingerprint density at radius 3 is 2.81 bits per heavy atom. The number of hydrogen-bond donors (Lipinski definition) is 0. The number of piperidine rings is 1. The van der Waals surface area contributed by atoms with Gasteiger partial charge in [-0.1, -0.05) is 36.2 Å². The van der Waals surface area contributed by atoms with Gasteiger partial charge in [-0.2, -0.15) is 10.4 Å². The fourth-order valence-electron chi connectivity index (χ4n) is 6.11. The summed E-state index contributed by atoms with van der Waals surface area (Å²) < 4.78 is 1.93. The van der Waals surface area contributed by atoms with Crippen LogP contribution in [-0.4, -0.2) is 56.4 Å². The van der Waals surface area contributed by atoms with Crippen LogP contribution in [0.5, 0.6) is 0 Å². The van der Waals surface area contributed by atoms with Gasteiger partial charge in [-0.3, -0.25) is 4.90 Å². The van der Waals surface area contributed by atoms with Crippen molar-refractivity contribution in [3.05, 3.63) is 45.7 Å². The van der Waals surface area contributed by atoms with Crippen LogP contribution < -0.4 is 4.90 Å². The first-order chi connectivity index (χ1) is 17.4. The summed E-state index contributed by atoms with van der Waals surface area (Å²) in [7, 11) is 0. The van der Waals surface area contributed by atoms with Gasteiger partial charge in [-0.05, 0) is 69.7 Å². The standard InChI is InChI=1S/C27H33Cl2N7/c1-17-16-34(13-10-24(17)35-12-5-7-21(35)6-4-11-30)25-15-31-26-18(2)33-36(27(26)32-25)19(3)22-9-8-20(28)14-23(22)29/h8-9,14-15,17,19,21,24H,4-7,10,12-13,16H2,1-3H3/t17-,19-,21-,24+/m1/s1. The van der Waals surface area contributed by atoms with Gasteiger partial charge in [0.2, 0.25) is 0 Å². The van der Waals surface area contributed by atoms with Crippen LogP contribution in [0.2, 0.25) is 10.0 Å². The van der Waals surface area contributed by atoms with Crippen molar-refractivity contribution in [3.63, 3.8) is 0 Å². The number of anilines is 1. The Morgan fingerprint density at radius 2 is 2.06 bits per heavy atom. The van der Waals surface area contributed by atoms with Gasteiger partial charge in [-0.15, -0.1) is 0 Å². The molecule has 190 valence electrons. The molecular weight excluding hydrogens is 493 g/mol. The summed E-state index contributed by atoms with van der Waals surface area (Å²) in [4.78, 5) is 14.9. The molecule has 2 fully saturated rings. The molecule has 0 unspecified atom stereocenters. The lowest BCUT2D eigenvalue weighted by Gasteiger charge is -2.43. The summed E-state index contributed by atoms with van der Waals surface area (Å²) in [6, 6.07) is 8.90. The summed E-state index contributed by atoms with van der Waals surface area (Å²) in [6.07, 6.45) is 7.08. The Morgan fingerprint density at radius 1 is 1.22 bits per heavy atom. The lowest BCUT2D eigenvalue weighted by atomic mass is 9.91. The van der Waals surface area contributed by atoms with E-state index < -0.39 is 0 Å². The zero-order chi connectivity index (χ0) is 25.4. The molecule has 0 spiro atoms. The minimum Gasteiger partial charge on any atom is -0.355 e. The van der Waals surface area contributed by atoms with Crippen LogP contribution in [0.4, 0.5) is 5.82 Å². The maximum atomic E-state index is 9.05. The molecule has 0 bridgehead atoms. The maximum absolute atomic E-state index is 9.05. The number of aromatic nitrogens is 4. The van der Waals surface area contributed by atoms with Gasteiger partial charge in [0.15, 0.2) is 5.65 Å². The average Bonchev–Trinajstić information content (AvgIpc) is 3.46. The smallest absolute Gasteiger partial charge is 0.179 e. The lowest BCUT2D eigenvalue weighted by molar-refractivity contribution is 0.111. The van der Waals surface area contributed by atoms with E-state index in [2.05, 4.69) is 29.7 Å². The van der Waals surface area contributed by atoms with E-state index >= 15 is 0 Å². The minimum absolute atomic E-state index is 0.110. The molecule has 5 rings (SSSR count). The van der Waals surface area contributed by atoms with Crippen molar-refractivity contribution in [2.75, 3.05) is 24.5 Å². The molecule has 36 heavy (non-hydrogen) atoms. The number of rotatable bonds is 6. The zero-order valence-electron chi connectivity index (χ0n) is 21.2. The second-order valence-corrected chi connectivity index (χ2v) is 11.1. The van der Waals surface area contributed by atoms with Gasteiger partial charge in [0.25, 0.3) is 0 Å². The molecule has 2 aromatic heterocycles. The van der Waals surface area contributed by atoms with Crippen molar-refractivity contribution >= 4 is 40.2 Å². The van der Waals surface area contributed by atoms with Crippen LogP contribution in [-0.2, 0) is 0 Å². The zero-order valence-corrected chi connectivity index (χ0v) is 22.7. The molecular formula is C27H33Cl2N7. The third-order valence-corrected chi connectivity index (χ3v) is 8.52. The van der Waals surface area contributed by atoms with Crippen molar-refractivity contribution in [2.45, 2.75) is 71.0 Å². The largest absolute Gasteiger partial charge is 0.355 e. The second-order valence-electron chi connectivity index (χ2n) is 10.3. The van der Waals surface area contributed by atoms with Crippen molar-refractivity contribution in [1.29, 1.82) is 5.26 Å². The third-order valence-electron chi connectivity index (χ3n) is 7.96. The number of halogens is 2. The Hall–Kier alpha value is -2.40. The Balaban J connectivity index is 1.37. The van der Waals surface area contributed by atoms with Crippen LogP contribution in [0.15, 0.2) is 24.4 Å². The molecule has 1 aromatic carbocycles. The SMILES string of the molecule is Cc1nn([C@H](C)c2ccc(Cl)cc2Cl)c2nc(N3CC[C@H](N4CCC[C@H]4CCC#N)[C@H](C)C3)cnc12. The number of hydrogen-bond acceptors (Lipinski definition) is 6. The molecule has 3 aromatic rings. The van der Waals surface area contributed by atoms with Crippen LogP contribution in [0, 0.1) is 24.2 Å². The van der Waals surface area contributed by atoms with Crippen LogP contribution in [0.1, 0.15) is 63.3 Å². The topological polar surface area (TPSA) is 73.9 Å². The van der Waals surface area contributed by atoms with Gasteiger partial charge in [0.1, 0.15) is 11.3 Å². The number of aryl methyl sites for hydroxylation is 1. The molecule has 2 aliphatic heterocycles. The van der Waals surface area contributed by atoms with Gasteiger partial charge >= 0.3 is 0 Å². The van der Waals surface area contributed by atoms with Gasteiger partial charge < -0.3 is 4.90 Å². The summed E-state index contributed by atoms with van der Waals surface area (Å²) in [5, 5.41) is 15.1. The summed E-state index contributed by atoms with van der Waals surface area (Å²) >= 11 is 12.6. The monoisotopic (exact) mass is 525 g/mol. The lowest BCUT2D eigenvalue weighted by Crippen LogP contribution is -2.51. The van der Waals surface area contributed by atoms with Crippen LogP contribution in [0.25, 0.3) is 11.2 Å². The molecule has 7 nitrogen and oxygen atoms in total. The Kier molecular flexibility index (Phi) is 7.39. The first kappa shape index (κ1) is 25.3. The first-order valence-electron chi connectivity index (χ1n) is 12.9. The summed E-state index contributed by atoms with van der Waals surface area (Å²) in [5.74, 6) is 1.41. The highest BCUT2D eigenvalue weighted by molar-refractivity contribution is 6.35. The number of nitriles is 1. The van der Waals surface area contributed by atoms with Crippen LogP contribution >= 0.6 is 23.2 Å². The number of nitrogens with zero attached hydrogens (tertiary/aromatic N) is 7. The predicted octanol–water partition coefficient (Wildman–Crippen LogP) is 6.03. The molecule has 9 heteroatoms. The molecule has 2 saturated heterocycles. The summed E-state index contributed by atoms with van der Waals surface area (Å²) in [6.45, 7) is 9.43. The molecule has 0 saturated carbocycles. The molecule has 2 aliphatic rings. The molecule has 0 N–H and O–H groups in total. The van der Waals surface area contributed by atoms with Crippen LogP contribution in [0.3, 0.4) is 0 Å². The van der Waals surface area contributed by atoms with Gasteiger partial charge in [0.05, 0.1) is 24.0 Å². The summed E-state index contributed by atoms with van der Waals surface area (Å²) in [5.41, 5.74) is 3.39. The molecule has 4 heterocycles. The van der Waals surface area contributed by atoms with E-state index in [9.17, 15) is 0 Å². The maximum Gasteiger partial charge on any atom is 0.179 e. The molecule has 4 atom stereocenters. The Bertz CT molecular complexity index is 1280. The molecule has 0 aliphatic carbocycles. The van der Waals surface area contributed by atoms with E-state index in [1.54, 1.807) is 6.07 Å². The quantitative estimate of drug-likeness (QED) is 0.390. The highest BCUT2D eigenvalue weighted by atomic mass is 35.5. The van der Waals surface area contributed by atoms with Gasteiger partial charge in [0, 0.05) is 41.6 Å².